The fraction of sp³-hybridized carbons (Fsp3) is 0.490. The molecule has 0 spiro atoms. The van der Waals surface area contributed by atoms with Crippen molar-refractivity contribution in [2.24, 2.45) is 24.9 Å². The van der Waals surface area contributed by atoms with Crippen LogP contribution in [0.25, 0.3) is 0 Å². The van der Waals surface area contributed by atoms with E-state index < -0.39 is 21.7 Å². The van der Waals surface area contributed by atoms with Gasteiger partial charge in [0, 0.05) is 78.6 Å². The van der Waals surface area contributed by atoms with E-state index in [1.807, 2.05) is 45.0 Å². The molecule has 0 bridgehead atoms. The van der Waals surface area contributed by atoms with Gasteiger partial charge in [-0.1, -0.05) is 39.5 Å². The minimum atomic E-state index is -0.625. The van der Waals surface area contributed by atoms with Crippen LogP contribution in [0.5, 0.6) is 11.5 Å². The summed E-state index contributed by atoms with van der Waals surface area (Å²) in [5, 5.41) is 18.9. The van der Waals surface area contributed by atoms with Crippen LogP contribution in [0.15, 0.2) is 56.1 Å². The van der Waals surface area contributed by atoms with E-state index in [2.05, 4.69) is 44.9 Å². The fourth-order valence-corrected chi connectivity index (χ4v) is 10.4. The van der Waals surface area contributed by atoms with Gasteiger partial charge in [-0.3, -0.25) is 38.1 Å². The Morgan fingerprint density at radius 1 is 0.667 bits per heavy atom. The number of pyridine rings is 2. The van der Waals surface area contributed by atoms with Crippen LogP contribution in [0.1, 0.15) is 126 Å². The van der Waals surface area contributed by atoms with Crippen molar-refractivity contribution in [3.8, 4) is 11.5 Å². The normalized spacial score (nSPS) is 15.3. The third-order valence-electron chi connectivity index (χ3n) is 14.3. The van der Waals surface area contributed by atoms with Crippen LogP contribution in [0, 0.1) is 24.7 Å². The molecule has 20 nitrogen and oxygen atoms in total. The average molecular weight is 1020 g/mol. The maximum atomic E-state index is 12.8. The fourth-order valence-electron chi connectivity index (χ4n) is 10.4. The number of ether oxygens (including phenoxy) is 2. The maximum Gasteiger partial charge on any atom is 2.00 e. The molecule has 0 saturated heterocycles. The average Bonchev–Trinajstić information content (AvgIpc) is 4.14. The van der Waals surface area contributed by atoms with Crippen LogP contribution in [-0.4, -0.2) is 137 Å². The van der Waals surface area contributed by atoms with Crippen molar-refractivity contribution >= 4 is 78.0 Å². The number of rotatable bonds is 16. The molecular weight excluding hydrogens is 951 g/mol. The molecule has 21 heteroatoms. The van der Waals surface area contributed by atoms with Gasteiger partial charge in [0.05, 0.1) is 48.7 Å². The monoisotopic (exact) mass is 1020 g/mol. The number of methoxy groups -OCH3 is 2. The molecule has 2 amide bonds. The second kappa shape index (κ2) is 22.9. The molecule has 2 saturated carbocycles. The van der Waals surface area contributed by atoms with Crippen LogP contribution in [0.2, 0.25) is 0 Å². The predicted octanol–water partition coefficient (Wildman–Crippen LogP) is 4.78. The van der Waals surface area contributed by atoms with Gasteiger partial charge in [0.25, 0.3) is 22.7 Å². The smallest absolute Gasteiger partial charge is 0.492 e. The summed E-state index contributed by atoms with van der Waals surface area (Å²) in [4.78, 5) is 87.0. The van der Waals surface area contributed by atoms with Crippen molar-refractivity contribution in [3.63, 3.8) is 0 Å². The van der Waals surface area contributed by atoms with Crippen molar-refractivity contribution in [2.75, 3.05) is 58.4 Å². The number of hydrogen-bond acceptors (Lipinski definition) is 15. The van der Waals surface area contributed by atoms with Crippen LogP contribution in [0.3, 0.4) is 0 Å². The molecule has 380 valence electrons. The molecule has 2 aliphatic carbocycles. The van der Waals surface area contributed by atoms with Gasteiger partial charge in [0.1, 0.15) is 11.4 Å². The minimum Gasteiger partial charge on any atom is -0.492 e. The summed E-state index contributed by atoms with van der Waals surface area (Å²) in [6.45, 7) is 8.51. The first-order valence-electron chi connectivity index (χ1n) is 23.6. The number of carbonyl (C=O) groups is 2. The van der Waals surface area contributed by atoms with Gasteiger partial charge >= 0.3 is 37.7 Å². The molecule has 4 aromatic heterocycles. The van der Waals surface area contributed by atoms with E-state index in [1.54, 1.807) is 45.0 Å². The first kappa shape index (κ1) is 56.9. The van der Waals surface area contributed by atoms with Gasteiger partial charge in [0.2, 0.25) is 10.9 Å². The quantitative estimate of drug-likeness (QED) is 0.0871. The molecule has 0 aliphatic heterocycles. The molecular formula is C51H67CaN11O9+2. The van der Waals surface area contributed by atoms with Crippen molar-refractivity contribution in [1.29, 1.82) is 0 Å². The van der Waals surface area contributed by atoms with Crippen LogP contribution < -0.4 is 47.1 Å². The Hall–Kier alpha value is -5.96. The van der Waals surface area contributed by atoms with E-state index >= 15 is 0 Å². The molecule has 0 unspecified atom stereocenters. The van der Waals surface area contributed by atoms with E-state index in [1.165, 1.54) is 36.4 Å². The molecule has 0 radical (unpaired) electrons. The van der Waals surface area contributed by atoms with Gasteiger partial charge in [-0.25, -0.2) is 9.97 Å². The van der Waals surface area contributed by atoms with Gasteiger partial charge in [-0.15, -0.1) is 0 Å². The summed E-state index contributed by atoms with van der Waals surface area (Å²) in [5.74, 6) is -0.223. The Balaban J connectivity index is 0.000000260. The Kier molecular flexibility index (Phi) is 18.1. The van der Waals surface area contributed by atoms with E-state index in [0.29, 0.717) is 23.4 Å². The van der Waals surface area contributed by atoms with E-state index in [4.69, 9.17) is 14.6 Å². The standard InChI is InChI=1S/C26H33N5O4.C25H32N6O4.Ca.H2O/c1-15-14-31(5)29-19(15)17(26(2)10-7-8-11-26)13-16-20(23(33)22(16)32)28-18-9-12-27-21(24(18)35-6)25(34)30(3)4;1-14-13-31(5)29-16(14)23(25(2)10-7-8-11-25)28-18-17(20(32)21(18)33)27-15-9-12-26-19(22(15)35-6)24(34)30(3)4;;/h9,12,14,17H,7-8,10-11,13H2,1-6H3,(H,27,28);9,12-13,23,28H,7-8,10-11H2,1-6H3,(H,26,27);;1H2/q;;+2;/t17-;23-;;/m00../s1. The molecule has 2 aliphatic rings. The van der Waals surface area contributed by atoms with Crippen LogP contribution in [0.4, 0.5) is 28.4 Å². The maximum absolute atomic E-state index is 12.8. The summed E-state index contributed by atoms with van der Waals surface area (Å²) < 4.78 is 14.5. The molecule has 4 heterocycles. The zero-order valence-corrected chi connectivity index (χ0v) is 45.7. The van der Waals surface area contributed by atoms with Crippen molar-refractivity contribution in [3.05, 3.63) is 117 Å². The predicted molar refractivity (Wildman–Crippen MR) is 278 cm³/mol. The Bertz CT molecular complexity index is 2870. The number of anilines is 5. The number of aryl methyl sites for hydroxylation is 4. The largest absolute Gasteiger partial charge is 2.00 e. The van der Waals surface area contributed by atoms with Crippen molar-refractivity contribution < 1.29 is 24.5 Å². The van der Waals surface area contributed by atoms with Crippen molar-refractivity contribution in [1.82, 2.24) is 39.3 Å². The summed E-state index contributed by atoms with van der Waals surface area (Å²) >= 11 is 0. The van der Waals surface area contributed by atoms with E-state index in [9.17, 15) is 28.8 Å². The third kappa shape index (κ3) is 11.0. The summed E-state index contributed by atoms with van der Waals surface area (Å²) in [6, 6.07) is 3.00. The number of hydrogen-bond donors (Lipinski definition) is 3. The third-order valence-corrected chi connectivity index (χ3v) is 14.3. The van der Waals surface area contributed by atoms with Gasteiger partial charge in [-0.05, 0) is 80.0 Å². The number of aromatic nitrogens is 6. The molecule has 72 heavy (non-hydrogen) atoms. The number of carbonyl (C=O) groups excluding carboxylic acids is 2. The molecule has 5 N–H and O–H groups in total. The van der Waals surface area contributed by atoms with E-state index in [-0.39, 0.29) is 118 Å². The number of nitrogens with zero attached hydrogens (tertiary/aromatic N) is 8. The molecule has 6 aromatic rings. The van der Waals surface area contributed by atoms with E-state index in [0.717, 1.165) is 73.9 Å². The SMILES string of the molecule is COc1c(Nc2c(C[C@@H](c3nn(C)cc3C)C3(C)CCCC3)c(=O)c2=O)ccnc1C(=O)N(C)C.COc1c(Nc2c(N[C@@H](c3nn(C)cc3C)C3(C)CCCC3)c(=O)c2=O)ccnc1C(=O)N(C)C.O.[Ca+2]. The topological polar surface area (TPSA) is 256 Å². The van der Waals surface area contributed by atoms with Gasteiger partial charge < -0.3 is 40.7 Å². The number of nitrogens with one attached hydrogen (secondary N) is 3. The van der Waals surface area contributed by atoms with Gasteiger partial charge in [-0.2, -0.15) is 10.2 Å². The Morgan fingerprint density at radius 3 is 1.51 bits per heavy atom. The zero-order valence-electron chi connectivity index (χ0n) is 43.5. The Morgan fingerprint density at radius 2 is 1.08 bits per heavy atom. The molecule has 8 rings (SSSR count). The first-order valence-corrected chi connectivity index (χ1v) is 23.6. The molecule has 2 aromatic carbocycles. The second-order valence-electron chi connectivity index (χ2n) is 19.8. The number of amides is 2. The van der Waals surface area contributed by atoms with Crippen LogP contribution in [-0.2, 0) is 20.5 Å². The summed E-state index contributed by atoms with van der Waals surface area (Å²) in [6.07, 6.45) is 15.9. The Labute approximate surface area is 448 Å². The molecule has 2 atom stereocenters. The van der Waals surface area contributed by atoms with Crippen LogP contribution >= 0.6 is 0 Å². The molecule has 2 fully saturated rings. The summed E-state index contributed by atoms with van der Waals surface area (Å²) in [5.41, 5.74) is 3.72. The van der Waals surface area contributed by atoms with Gasteiger partial charge in [0.15, 0.2) is 22.9 Å². The second-order valence-corrected chi connectivity index (χ2v) is 19.8. The first-order chi connectivity index (χ1) is 33.1. The summed E-state index contributed by atoms with van der Waals surface area (Å²) in [7, 11) is 13.1. The minimum absolute atomic E-state index is 0. The van der Waals surface area contributed by atoms with Crippen molar-refractivity contribution in [2.45, 2.75) is 97.4 Å². The zero-order chi connectivity index (χ0) is 51.0.